The lowest BCUT2D eigenvalue weighted by molar-refractivity contribution is -0.138. The molecule has 0 saturated carbocycles. The normalized spacial score (nSPS) is 14.8. The molecule has 0 heterocycles. The number of carbonyl (C=O) groups excluding carboxylic acids is 1. The zero-order chi connectivity index (χ0) is 15.5. The van der Waals surface area contributed by atoms with Crippen molar-refractivity contribution in [1.29, 1.82) is 0 Å². The van der Waals surface area contributed by atoms with Crippen molar-refractivity contribution in [3.05, 3.63) is 33.8 Å². The van der Waals surface area contributed by atoms with E-state index < -0.39 is 17.6 Å². The van der Waals surface area contributed by atoms with Crippen molar-refractivity contribution < 1.29 is 18.0 Å². The smallest absolute Gasteiger partial charge is 0.349 e. The highest BCUT2D eigenvalue weighted by Crippen LogP contribution is 2.35. The van der Waals surface area contributed by atoms with Crippen LogP contribution in [0.3, 0.4) is 0 Å². The lowest BCUT2D eigenvalue weighted by atomic mass is 10.1. The van der Waals surface area contributed by atoms with E-state index in [1.807, 2.05) is 13.8 Å². The second-order valence-electron chi connectivity index (χ2n) is 4.59. The number of carbonyl (C=O) groups is 1. The largest absolute Gasteiger partial charge is 0.417 e. The standard InChI is InChI=1S/C13H14Br2F3NO/c1-7(6-14)8(2)19-12(20)9-3-4-11(15)10(5-9)13(16,17)18/h3-5,7-8H,6H2,1-2H3,(H,19,20). The lowest BCUT2D eigenvalue weighted by Gasteiger charge is -2.19. The van der Waals surface area contributed by atoms with Crippen LogP contribution in [0.5, 0.6) is 0 Å². The Morgan fingerprint density at radius 3 is 2.45 bits per heavy atom. The summed E-state index contributed by atoms with van der Waals surface area (Å²) in [6, 6.07) is 3.31. The van der Waals surface area contributed by atoms with Crippen molar-refractivity contribution in [1.82, 2.24) is 5.32 Å². The summed E-state index contributed by atoms with van der Waals surface area (Å²) in [6.45, 7) is 3.75. The first-order valence-electron chi connectivity index (χ1n) is 5.90. The molecule has 0 aliphatic rings. The average molecular weight is 417 g/mol. The van der Waals surface area contributed by atoms with Gasteiger partial charge in [-0.2, -0.15) is 13.2 Å². The molecule has 0 aromatic heterocycles. The third-order valence-corrected chi connectivity index (χ3v) is 4.70. The molecule has 1 rings (SSSR count). The number of alkyl halides is 4. The number of rotatable bonds is 4. The molecule has 7 heteroatoms. The maximum absolute atomic E-state index is 12.8. The summed E-state index contributed by atoms with van der Waals surface area (Å²) in [5.41, 5.74) is -0.861. The second kappa shape index (κ2) is 6.93. The molecule has 1 amide bonds. The Hall–Kier alpha value is -0.560. The maximum atomic E-state index is 12.8. The van der Waals surface area contributed by atoms with Gasteiger partial charge in [-0.3, -0.25) is 4.79 Å². The average Bonchev–Trinajstić information content (AvgIpc) is 2.36. The number of halogens is 5. The van der Waals surface area contributed by atoms with Gasteiger partial charge in [0.15, 0.2) is 0 Å². The number of hydrogen-bond donors (Lipinski definition) is 1. The summed E-state index contributed by atoms with van der Waals surface area (Å²) in [5.74, 6) is -0.334. The third-order valence-electron chi connectivity index (χ3n) is 2.99. The summed E-state index contributed by atoms with van der Waals surface area (Å²) in [7, 11) is 0. The monoisotopic (exact) mass is 415 g/mol. The number of nitrogens with one attached hydrogen (secondary N) is 1. The molecule has 0 bridgehead atoms. The molecule has 1 aromatic carbocycles. The molecule has 1 aromatic rings. The van der Waals surface area contributed by atoms with E-state index in [1.54, 1.807) is 0 Å². The van der Waals surface area contributed by atoms with Crippen molar-refractivity contribution in [2.24, 2.45) is 5.92 Å². The minimum atomic E-state index is -4.50. The molecule has 0 radical (unpaired) electrons. The van der Waals surface area contributed by atoms with Gasteiger partial charge in [-0.05, 0) is 31.0 Å². The first-order valence-corrected chi connectivity index (χ1v) is 7.81. The Morgan fingerprint density at radius 1 is 1.35 bits per heavy atom. The summed E-state index contributed by atoms with van der Waals surface area (Å²) < 4.78 is 38.2. The fourth-order valence-electron chi connectivity index (χ4n) is 1.45. The molecule has 112 valence electrons. The van der Waals surface area contributed by atoms with E-state index in [2.05, 4.69) is 37.2 Å². The molecule has 0 aliphatic heterocycles. The highest BCUT2D eigenvalue weighted by Gasteiger charge is 2.33. The summed E-state index contributed by atoms with van der Waals surface area (Å²) in [5, 5.41) is 3.39. The highest BCUT2D eigenvalue weighted by molar-refractivity contribution is 9.10. The Labute approximate surface area is 132 Å². The van der Waals surface area contributed by atoms with Crippen LogP contribution in [-0.4, -0.2) is 17.3 Å². The number of amides is 1. The van der Waals surface area contributed by atoms with E-state index in [-0.39, 0.29) is 22.0 Å². The minimum absolute atomic E-state index is 0.00542. The molecule has 2 unspecified atom stereocenters. The first-order chi connectivity index (χ1) is 9.16. The van der Waals surface area contributed by atoms with Gasteiger partial charge in [0.05, 0.1) is 5.56 Å². The van der Waals surface area contributed by atoms with Crippen LogP contribution < -0.4 is 5.32 Å². The third kappa shape index (κ3) is 4.48. The van der Waals surface area contributed by atoms with Crippen molar-refractivity contribution in [3.63, 3.8) is 0 Å². The van der Waals surface area contributed by atoms with Gasteiger partial charge >= 0.3 is 6.18 Å². The van der Waals surface area contributed by atoms with Gasteiger partial charge in [-0.1, -0.05) is 38.8 Å². The van der Waals surface area contributed by atoms with Crippen LogP contribution >= 0.6 is 31.9 Å². The molecule has 20 heavy (non-hydrogen) atoms. The second-order valence-corrected chi connectivity index (χ2v) is 6.09. The molecule has 0 fully saturated rings. The van der Waals surface area contributed by atoms with Crippen LogP contribution in [0.4, 0.5) is 13.2 Å². The molecule has 0 saturated heterocycles. The zero-order valence-electron chi connectivity index (χ0n) is 10.9. The number of benzene rings is 1. The molecular weight excluding hydrogens is 403 g/mol. The van der Waals surface area contributed by atoms with E-state index in [9.17, 15) is 18.0 Å². The fourth-order valence-corrected chi connectivity index (χ4v) is 2.48. The summed E-state index contributed by atoms with van der Waals surface area (Å²) in [6.07, 6.45) is -4.50. The van der Waals surface area contributed by atoms with Crippen LogP contribution in [-0.2, 0) is 6.18 Å². The van der Waals surface area contributed by atoms with Crippen LogP contribution in [0, 0.1) is 5.92 Å². The molecule has 1 N–H and O–H groups in total. The number of hydrogen-bond acceptors (Lipinski definition) is 1. The predicted molar refractivity (Wildman–Crippen MR) is 79.0 cm³/mol. The van der Waals surface area contributed by atoms with Crippen molar-refractivity contribution in [3.8, 4) is 0 Å². The van der Waals surface area contributed by atoms with E-state index in [0.29, 0.717) is 5.33 Å². The Balaban J connectivity index is 2.95. The molecular formula is C13H14Br2F3NO. The van der Waals surface area contributed by atoms with Gasteiger partial charge in [0.25, 0.3) is 5.91 Å². The van der Waals surface area contributed by atoms with Gasteiger partial charge in [-0.15, -0.1) is 0 Å². The van der Waals surface area contributed by atoms with Gasteiger partial charge in [0.1, 0.15) is 0 Å². The van der Waals surface area contributed by atoms with Crippen molar-refractivity contribution in [2.45, 2.75) is 26.1 Å². The van der Waals surface area contributed by atoms with Crippen LogP contribution in [0.25, 0.3) is 0 Å². The minimum Gasteiger partial charge on any atom is -0.349 e. The molecule has 2 nitrogen and oxygen atoms in total. The SMILES string of the molecule is CC(CBr)C(C)NC(=O)c1ccc(Br)c(C(F)(F)F)c1. The van der Waals surface area contributed by atoms with E-state index in [0.717, 1.165) is 6.07 Å². The van der Waals surface area contributed by atoms with Gasteiger partial charge in [0.2, 0.25) is 0 Å². The van der Waals surface area contributed by atoms with Crippen LogP contribution in [0.1, 0.15) is 29.8 Å². The van der Waals surface area contributed by atoms with Gasteiger partial charge < -0.3 is 5.32 Å². The van der Waals surface area contributed by atoms with Gasteiger partial charge in [0, 0.05) is 21.4 Å². The zero-order valence-corrected chi connectivity index (χ0v) is 14.1. The Morgan fingerprint density at radius 2 is 1.95 bits per heavy atom. The highest BCUT2D eigenvalue weighted by atomic mass is 79.9. The lowest BCUT2D eigenvalue weighted by Crippen LogP contribution is -2.37. The molecule has 2 atom stereocenters. The van der Waals surface area contributed by atoms with E-state index in [1.165, 1.54) is 12.1 Å². The molecule has 0 spiro atoms. The van der Waals surface area contributed by atoms with Crippen molar-refractivity contribution >= 4 is 37.8 Å². The summed E-state index contributed by atoms with van der Waals surface area (Å²) in [4.78, 5) is 12.0. The molecule has 0 aliphatic carbocycles. The Kier molecular flexibility index (Phi) is 6.06. The van der Waals surface area contributed by atoms with Gasteiger partial charge in [-0.25, -0.2) is 0 Å². The van der Waals surface area contributed by atoms with Crippen molar-refractivity contribution in [2.75, 3.05) is 5.33 Å². The maximum Gasteiger partial charge on any atom is 0.417 e. The van der Waals surface area contributed by atoms with E-state index >= 15 is 0 Å². The first kappa shape index (κ1) is 17.5. The predicted octanol–water partition coefficient (Wildman–Crippen LogP) is 4.62. The summed E-state index contributed by atoms with van der Waals surface area (Å²) >= 11 is 6.15. The van der Waals surface area contributed by atoms with Crippen LogP contribution in [0.15, 0.2) is 22.7 Å². The fraction of sp³-hybridized carbons (Fsp3) is 0.462. The van der Waals surface area contributed by atoms with E-state index in [4.69, 9.17) is 0 Å². The topological polar surface area (TPSA) is 29.1 Å². The quantitative estimate of drug-likeness (QED) is 0.713. The van der Waals surface area contributed by atoms with Crippen LogP contribution in [0.2, 0.25) is 0 Å². The Bertz CT molecular complexity index is 491.